The predicted molar refractivity (Wildman–Crippen MR) is 140 cm³/mol. The molecule has 0 radical (unpaired) electrons. The minimum atomic E-state index is -4.43. The summed E-state index contributed by atoms with van der Waals surface area (Å²) in [5.41, 5.74) is 0.289. The summed E-state index contributed by atoms with van der Waals surface area (Å²) in [5, 5.41) is 0. The molecular weight excluding hydrogens is 544 g/mol. The van der Waals surface area contributed by atoms with Crippen LogP contribution in [0.2, 0.25) is 0 Å². The van der Waals surface area contributed by atoms with Crippen molar-refractivity contribution in [3.63, 3.8) is 0 Å². The van der Waals surface area contributed by atoms with Crippen LogP contribution in [0.1, 0.15) is 36.8 Å². The molecule has 0 spiro atoms. The molecule has 1 aliphatic rings. The number of hydrogen-bond acceptors (Lipinski definition) is 10. The zero-order valence-electron chi connectivity index (χ0n) is 21.9. The zero-order chi connectivity index (χ0) is 29.0. The number of rotatable bonds is 9. The third kappa shape index (κ3) is 6.73. The summed E-state index contributed by atoms with van der Waals surface area (Å²) in [4.78, 5) is 51.2. The number of esters is 2. The van der Waals surface area contributed by atoms with Crippen LogP contribution in [0.15, 0.2) is 75.3 Å². The molecule has 212 valence electrons. The van der Waals surface area contributed by atoms with E-state index < -0.39 is 64.5 Å². The van der Waals surface area contributed by atoms with Gasteiger partial charge in [0.15, 0.2) is 12.3 Å². The average molecular weight is 573 g/mol. The van der Waals surface area contributed by atoms with Gasteiger partial charge in [0.1, 0.15) is 18.8 Å². The summed E-state index contributed by atoms with van der Waals surface area (Å²) in [7, 11) is -4.43. The van der Waals surface area contributed by atoms with E-state index in [0.29, 0.717) is 0 Å². The summed E-state index contributed by atoms with van der Waals surface area (Å²) in [6.45, 7) is 3.56. The van der Waals surface area contributed by atoms with Crippen molar-refractivity contribution < 1.29 is 36.4 Å². The number of H-pyrrole nitrogens is 1. The standard InChI is InChI=1S/C27H28N2O10S/c1-16-9-11-21(12-10-16)40(34,35)39-23-22(15-36-17(2)30)38-26(24(23)37-18(3)31)29-14-20(25(32)28-27(29)33)13-19-7-5-4-6-8-19/h4-12,14,22-24,26H,13,15H2,1-3H3,(H,28,32,33)/t22-,23+,24-,26-/m1/s1. The van der Waals surface area contributed by atoms with Crippen molar-refractivity contribution in [2.24, 2.45) is 0 Å². The number of carbonyl (C=O) groups excluding carboxylic acids is 2. The Labute approximate surface area is 229 Å². The Morgan fingerprint density at radius 1 is 0.975 bits per heavy atom. The smallest absolute Gasteiger partial charge is 0.330 e. The van der Waals surface area contributed by atoms with Crippen LogP contribution in [0, 0.1) is 6.92 Å². The molecule has 0 saturated carbocycles. The van der Waals surface area contributed by atoms with E-state index in [1.54, 1.807) is 43.3 Å². The molecule has 2 heterocycles. The first-order chi connectivity index (χ1) is 18.9. The van der Waals surface area contributed by atoms with Gasteiger partial charge < -0.3 is 14.2 Å². The number of aromatic nitrogens is 2. The van der Waals surface area contributed by atoms with Crippen molar-refractivity contribution in [1.29, 1.82) is 0 Å². The minimum absolute atomic E-state index is 0.166. The third-order valence-corrected chi connectivity index (χ3v) is 7.46. The highest BCUT2D eigenvalue weighted by Gasteiger charge is 2.51. The summed E-state index contributed by atoms with van der Waals surface area (Å²) in [6.07, 6.45) is -4.27. The largest absolute Gasteiger partial charge is 0.463 e. The quantitative estimate of drug-likeness (QED) is 0.295. The van der Waals surface area contributed by atoms with Crippen molar-refractivity contribution >= 4 is 22.1 Å². The van der Waals surface area contributed by atoms with E-state index in [0.717, 1.165) is 29.5 Å². The second-order valence-electron chi connectivity index (χ2n) is 9.25. The second kappa shape index (κ2) is 12.0. The summed E-state index contributed by atoms with van der Waals surface area (Å²) in [5.74, 6) is -1.49. The number of hydrogen-bond donors (Lipinski definition) is 1. The van der Waals surface area contributed by atoms with Crippen LogP contribution in [0.5, 0.6) is 0 Å². The van der Waals surface area contributed by atoms with Gasteiger partial charge in [-0.1, -0.05) is 48.0 Å². The first-order valence-corrected chi connectivity index (χ1v) is 13.7. The Kier molecular flexibility index (Phi) is 8.67. The fourth-order valence-electron chi connectivity index (χ4n) is 4.26. The van der Waals surface area contributed by atoms with E-state index in [4.69, 9.17) is 18.4 Å². The van der Waals surface area contributed by atoms with Crippen LogP contribution in [-0.2, 0) is 44.5 Å². The topological polar surface area (TPSA) is 160 Å². The Hall–Kier alpha value is -4.07. The molecule has 3 aromatic rings. The maximum atomic E-state index is 13.2. The van der Waals surface area contributed by atoms with E-state index in [2.05, 4.69) is 4.98 Å². The Morgan fingerprint density at radius 3 is 2.27 bits per heavy atom. The van der Waals surface area contributed by atoms with Crippen LogP contribution in [-0.4, -0.2) is 54.8 Å². The number of ether oxygens (including phenoxy) is 3. The Morgan fingerprint density at radius 2 is 1.65 bits per heavy atom. The fraction of sp³-hybridized carbons (Fsp3) is 0.333. The summed E-state index contributed by atoms with van der Waals surface area (Å²) >= 11 is 0. The monoisotopic (exact) mass is 572 g/mol. The lowest BCUT2D eigenvalue weighted by Gasteiger charge is -2.24. The molecule has 4 atom stereocenters. The number of aryl methyl sites for hydroxylation is 1. The van der Waals surface area contributed by atoms with Gasteiger partial charge in [-0.25, -0.2) is 4.79 Å². The SMILES string of the molecule is CC(=O)OC[C@H]1O[C@@H](n2cc(Cc3ccccc3)c(=O)[nH]c2=O)[C@H](OC(C)=O)[C@H]1OS(=O)(=O)c1ccc(C)cc1. The molecule has 13 heteroatoms. The molecule has 1 N–H and O–H groups in total. The van der Waals surface area contributed by atoms with Gasteiger partial charge in [-0.15, -0.1) is 0 Å². The third-order valence-electron chi connectivity index (χ3n) is 6.14. The van der Waals surface area contributed by atoms with Gasteiger partial charge in [0.05, 0.1) is 4.90 Å². The highest BCUT2D eigenvalue weighted by atomic mass is 32.2. The minimum Gasteiger partial charge on any atom is -0.463 e. The van der Waals surface area contributed by atoms with Crippen LogP contribution < -0.4 is 11.2 Å². The number of benzene rings is 2. The fourth-order valence-corrected chi connectivity index (χ4v) is 5.37. The molecule has 0 aliphatic carbocycles. The number of nitrogens with one attached hydrogen (secondary N) is 1. The second-order valence-corrected chi connectivity index (χ2v) is 10.8. The maximum absolute atomic E-state index is 13.2. The van der Waals surface area contributed by atoms with Crippen LogP contribution in [0.3, 0.4) is 0 Å². The first kappa shape index (κ1) is 28.9. The van der Waals surface area contributed by atoms with Crippen molar-refractivity contribution in [2.75, 3.05) is 6.61 Å². The summed E-state index contributed by atoms with van der Waals surface area (Å²) in [6, 6.07) is 14.9. The summed E-state index contributed by atoms with van der Waals surface area (Å²) < 4.78 is 49.3. The van der Waals surface area contributed by atoms with Crippen LogP contribution >= 0.6 is 0 Å². The normalized spacial score (nSPS) is 20.7. The van der Waals surface area contributed by atoms with Crippen molar-refractivity contribution in [1.82, 2.24) is 9.55 Å². The molecule has 40 heavy (non-hydrogen) atoms. The van der Waals surface area contributed by atoms with Gasteiger partial charge in [-0.05, 0) is 24.6 Å². The Balaban J connectivity index is 1.76. The average Bonchev–Trinajstić information content (AvgIpc) is 3.20. The van der Waals surface area contributed by atoms with Crippen molar-refractivity contribution in [2.45, 2.75) is 56.6 Å². The van der Waals surface area contributed by atoms with Crippen molar-refractivity contribution in [3.05, 3.63) is 98.3 Å². The number of aromatic amines is 1. The number of carbonyl (C=O) groups is 2. The van der Waals surface area contributed by atoms with Crippen LogP contribution in [0.4, 0.5) is 0 Å². The molecule has 1 aromatic heterocycles. The molecule has 0 bridgehead atoms. The molecule has 1 saturated heterocycles. The van der Waals surface area contributed by atoms with E-state index in [1.165, 1.54) is 18.3 Å². The Bertz CT molecular complexity index is 1600. The predicted octanol–water partition coefficient (Wildman–Crippen LogP) is 1.60. The molecule has 0 amide bonds. The van der Waals surface area contributed by atoms with Gasteiger partial charge in [-0.3, -0.25) is 28.1 Å². The number of nitrogens with zero attached hydrogens (tertiary/aromatic N) is 1. The first-order valence-electron chi connectivity index (χ1n) is 12.3. The van der Waals surface area contributed by atoms with Gasteiger partial charge in [0.2, 0.25) is 0 Å². The van der Waals surface area contributed by atoms with E-state index in [9.17, 15) is 27.6 Å². The van der Waals surface area contributed by atoms with Gasteiger partial charge in [0, 0.05) is 32.0 Å². The van der Waals surface area contributed by atoms with E-state index in [1.807, 2.05) is 6.07 Å². The van der Waals surface area contributed by atoms with Gasteiger partial charge in [0.25, 0.3) is 15.7 Å². The zero-order valence-corrected chi connectivity index (χ0v) is 22.8. The molecule has 1 aliphatic heterocycles. The van der Waals surface area contributed by atoms with Gasteiger partial charge in [-0.2, -0.15) is 8.42 Å². The van der Waals surface area contributed by atoms with E-state index in [-0.39, 0.29) is 16.9 Å². The lowest BCUT2D eigenvalue weighted by atomic mass is 10.1. The maximum Gasteiger partial charge on any atom is 0.330 e. The van der Waals surface area contributed by atoms with Crippen LogP contribution in [0.25, 0.3) is 0 Å². The molecule has 1 fully saturated rings. The van der Waals surface area contributed by atoms with Gasteiger partial charge >= 0.3 is 17.6 Å². The molecular formula is C27H28N2O10S. The lowest BCUT2D eigenvalue weighted by Crippen LogP contribution is -2.43. The van der Waals surface area contributed by atoms with Crippen molar-refractivity contribution in [3.8, 4) is 0 Å². The molecule has 4 rings (SSSR count). The highest BCUT2D eigenvalue weighted by molar-refractivity contribution is 7.86. The highest BCUT2D eigenvalue weighted by Crippen LogP contribution is 2.35. The molecule has 0 unspecified atom stereocenters. The lowest BCUT2D eigenvalue weighted by molar-refractivity contribution is -0.155. The molecule has 2 aromatic carbocycles. The molecule has 12 nitrogen and oxygen atoms in total. The van der Waals surface area contributed by atoms with E-state index >= 15 is 0 Å².